The van der Waals surface area contributed by atoms with Gasteiger partial charge in [-0.05, 0) is 18.3 Å². The van der Waals surface area contributed by atoms with E-state index in [0.717, 1.165) is 25.0 Å². The van der Waals surface area contributed by atoms with E-state index in [1.165, 1.54) is 0 Å². The van der Waals surface area contributed by atoms with Gasteiger partial charge in [-0.15, -0.1) is 0 Å². The summed E-state index contributed by atoms with van der Waals surface area (Å²) in [6, 6.07) is 0. The van der Waals surface area contributed by atoms with Crippen LogP contribution in [0.25, 0.3) is 0 Å². The highest BCUT2D eigenvalue weighted by molar-refractivity contribution is 5.95. The first-order valence-electron chi connectivity index (χ1n) is 4.55. The number of nitrogens with one attached hydrogen (secondary N) is 1. The summed E-state index contributed by atoms with van der Waals surface area (Å²) in [6.45, 7) is 7.27. The molecule has 0 unspecified atom stereocenters. The Balaban J connectivity index is 2.73. The highest BCUT2D eigenvalue weighted by atomic mass is 16.1. The van der Waals surface area contributed by atoms with Gasteiger partial charge >= 0.3 is 0 Å². The van der Waals surface area contributed by atoms with Gasteiger partial charge in [0.05, 0.1) is 0 Å². The molecule has 0 saturated carbocycles. The molecule has 1 rings (SSSR count). The quantitative estimate of drug-likeness (QED) is 0.625. The molecular weight excluding hydrogens is 150 g/mol. The fourth-order valence-electron chi connectivity index (χ4n) is 1.25. The minimum Gasteiger partial charge on any atom is -0.352 e. The van der Waals surface area contributed by atoms with Crippen LogP contribution >= 0.6 is 0 Å². The number of rotatable bonds is 2. The Kier molecular flexibility index (Phi) is 2.55. The molecule has 2 nitrogen and oxygen atoms in total. The van der Waals surface area contributed by atoms with Crippen molar-refractivity contribution in [3.05, 3.63) is 11.6 Å². The number of hydrogen-bond acceptors (Lipinski definition) is 1. The Morgan fingerprint density at radius 3 is 2.67 bits per heavy atom. The fourth-order valence-corrected chi connectivity index (χ4v) is 1.25. The smallest absolute Gasteiger partial charge is 0.246 e. The molecule has 1 aliphatic heterocycles. The maximum Gasteiger partial charge on any atom is 0.246 e. The second-order valence-electron chi connectivity index (χ2n) is 4.02. The summed E-state index contributed by atoms with van der Waals surface area (Å²) >= 11 is 0. The van der Waals surface area contributed by atoms with Gasteiger partial charge in [0.25, 0.3) is 0 Å². The van der Waals surface area contributed by atoms with Crippen LogP contribution in [0, 0.1) is 5.41 Å². The Morgan fingerprint density at radius 1 is 1.58 bits per heavy atom. The molecule has 0 atom stereocenters. The van der Waals surface area contributed by atoms with E-state index in [2.05, 4.69) is 32.2 Å². The average Bonchev–Trinajstić information content (AvgIpc) is 2.36. The lowest BCUT2D eigenvalue weighted by molar-refractivity contribution is -0.116. The van der Waals surface area contributed by atoms with Crippen LogP contribution in [-0.2, 0) is 4.79 Å². The Morgan fingerprint density at radius 2 is 2.25 bits per heavy atom. The number of amides is 1. The van der Waals surface area contributed by atoms with Gasteiger partial charge in [0, 0.05) is 12.1 Å². The van der Waals surface area contributed by atoms with Crippen LogP contribution in [0.4, 0.5) is 0 Å². The Labute approximate surface area is 74.0 Å². The van der Waals surface area contributed by atoms with Crippen molar-refractivity contribution >= 4 is 5.91 Å². The molecule has 0 spiro atoms. The largest absolute Gasteiger partial charge is 0.352 e. The van der Waals surface area contributed by atoms with E-state index in [1.54, 1.807) is 0 Å². The van der Waals surface area contributed by atoms with Gasteiger partial charge in [0.2, 0.25) is 5.91 Å². The summed E-state index contributed by atoms with van der Waals surface area (Å²) in [4.78, 5) is 11.2. The third-order valence-corrected chi connectivity index (χ3v) is 2.45. The zero-order valence-corrected chi connectivity index (χ0v) is 8.11. The molecule has 1 saturated heterocycles. The van der Waals surface area contributed by atoms with E-state index in [0.29, 0.717) is 0 Å². The second kappa shape index (κ2) is 3.30. The third-order valence-electron chi connectivity index (χ3n) is 2.45. The summed E-state index contributed by atoms with van der Waals surface area (Å²) in [7, 11) is 0. The SMILES string of the molecule is CCC(C)(C)/C=C1/CCNC1=O. The van der Waals surface area contributed by atoms with E-state index < -0.39 is 0 Å². The standard InChI is InChI=1S/C10H17NO/c1-4-10(2,3)7-8-5-6-11-9(8)12/h7H,4-6H2,1-3H3,(H,11,12)/b8-7-. The average molecular weight is 167 g/mol. The molecule has 1 fully saturated rings. The van der Waals surface area contributed by atoms with Crippen LogP contribution in [0.1, 0.15) is 33.6 Å². The van der Waals surface area contributed by atoms with Gasteiger partial charge in [0.15, 0.2) is 0 Å². The van der Waals surface area contributed by atoms with E-state index in [9.17, 15) is 4.79 Å². The van der Waals surface area contributed by atoms with Gasteiger partial charge in [-0.3, -0.25) is 4.79 Å². The van der Waals surface area contributed by atoms with Crippen molar-refractivity contribution in [2.24, 2.45) is 5.41 Å². The first-order valence-corrected chi connectivity index (χ1v) is 4.55. The molecule has 0 radical (unpaired) electrons. The molecule has 0 aromatic heterocycles. The molecule has 0 bridgehead atoms. The van der Waals surface area contributed by atoms with Crippen LogP contribution < -0.4 is 5.32 Å². The maximum atomic E-state index is 11.2. The monoisotopic (exact) mass is 167 g/mol. The van der Waals surface area contributed by atoms with Crippen molar-refractivity contribution in [3.63, 3.8) is 0 Å². The summed E-state index contributed by atoms with van der Waals surface area (Å²) in [5.41, 5.74) is 1.12. The van der Waals surface area contributed by atoms with E-state index in [4.69, 9.17) is 0 Å². The number of allylic oxidation sites excluding steroid dienone is 1. The van der Waals surface area contributed by atoms with Crippen molar-refractivity contribution in [2.75, 3.05) is 6.54 Å². The molecule has 12 heavy (non-hydrogen) atoms. The molecule has 0 aromatic rings. The molecule has 0 aromatic carbocycles. The maximum absolute atomic E-state index is 11.2. The molecule has 1 aliphatic rings. The minimum absolute atomic E-state index is 0.122. The van der Waals surface area contributed by atoms with Crippen molar-refractivity contribution in [1.29, 1.82) is 0 Å². The van der Waals surface area contributed by atoms with Crippen molar-refractivity contribution in [1.82, 2.24) is 5.32 Å². The molecule has 0 aliphatic carbocycles. The minimum atomic E-state index is 0.122. The van der Waals surface area contributed by atoms with Gasteiger partial charge < -0.3 is 5.32 Å². The highest BCUT2D eigenvalue weighted by Gasteiger charge is 2.20. The van der Waals surface area contributed by atoms with Gasteiger partial charge in [-0.2, -0.15) is 0 Å². The second-order valence-corrected chi connectivity index (χ2v) is 4.02. The Hall–Kier alpha value is -0.790. The zero-order chi connectivity index (χ0) is 9.19. The van der Waals surface area contributed by atoms with Gasteiger partial charge in [-0.25, -0.2) is 0 Å². The fraction of sp³-hybridized carbons (Fsp3) is 0.700. The molecule has 1 amide bonds. The molecule has 68 valence electrons. The molecule has 2 heteroatoms. The molecular formula is C10H17NO. The van der Waals surface area contributed by atoms with Crippen LogP contribution in [0.15, 0.2) is 11.6 Å². The first-order chi connectivity index (χ1) is 5.55. The van der Waals surface area contributed by atoms with Crippen LogP contribution in [0.3, 0.4) is 0 Å². The summed E-state index contributed by atoms with van der Waals surface area (Å²) < 4.78 is 0. The molecule has 1 N–H and O–H groups in total. The van der Waals surface area contributed by atoms with Crippen molar-refractivity contribution < 1.29 is 4.79 Å². The lowest BCUT2D eigenvalue weighted by Gasteiger charge is -2.17. The Bertz CT molecular complexity index is 216. The van der Waals surface area contributed by atoms with Gasteiger partial charge in [-0.1, -0.05) is 26.8 Å². The summed E-state index contributed by atoms with van der Waals surface area (Å²) in [6.07, 6.45) is 4.07. The number of carbonyl (C=O) groups is 1. The van der Waals surface area contributed by atoms with Crippen LogP contribution in [-0.4, -0.2) is 12.5 Å². The predicted octanol–water partition coefficient (Wildman–Crippen LogP) is 1.87. The summed E-state index contributed by atoms with van der Waals surface area (Å²) in [5, 5.41) is 2.81. The zero-order valence-electron chi connectivity index (χ0n) is 8.11. The third kappa shape index (κ3) is 2.10. The summed E-state index contributed by atoms with van der Waals surface area (Å²) in [5.74, 6) is 0.122. The van der Waals surface area contributed by atoms with Gasteiger partial charge in [0.1, 0.15) is 0 Å². The van der Waals surface area contributed by atoms with E-state index in [1.807, 2.05) is 0 Å². The van der Waals surface area contributed by atoms with E-state index >= 15 is 0 Å². The van der Waals surface area contributed by atoms with Crippen LogP contribution in [0.2, 0.25) is 0 Å². The number of hydrogen-bond donors (Lipinski definition) is 1. The predicted molar refractivity (Wildman–Crippen MR) is 49.8 cm³/mol. The first kappa shape index (κ1) is 9.30. The van der Waals surface area contributed by atoms with Crippen molar-refractivity contribution in [2.45, 2.75) is 33.6 Å². The van der Waals surface area contributed by atoms with Crippen molar-refractivity contribution in [3.8, 4) is 0 Å². The topological polar surface area (TPSA) is 29.1 Å². The number of carbonyl (C=O) groups excluding carboxylic acids is 1. The van der Waals surface area contributed by atoms with Crippen LogP contribution in [0.5, 0.6) is 0 Å². The molecule has 1 heterocycles. The lowest BCUT2D eigenvalue weighted by atomic mass is 9.87. The lowest BCUT2D eigenvalue weighted by Crippen LogP contribution is -2.15. The highest BCUT2D eigenvalue weighted by Crippen LogP contribution is 2.25. The normalized spacial score (nSPS) is 21.6. The van der Waals surface area contributed by atoms with E-state index in [-0.39, 0.29) is 11.3 Å².